The summed E-state index contributed by atoms with van der Waals surface area (Å²) in [6.45, 7) is 1.26. The Morgan fingerprint density at radius 2 is 1.84 bits per heavy atom. The molecule has 2 aromatic heterocycles. The number of benzene rings is 2. The van der Waals surface area contributed by atoms with Crippen LogP contribution in [-0.4, -0.2) is 55.8 Å². The van der Waals surface area contributed by atoms with E-state index >= 15 is 0 Å². The minimum atomic E-state index is -0.0277. The van der Waals surface area contributed by atoms with Crippen LogP contribution in [0.1, 0.15) is 23.0 Å². The summed E-state index contributed by atoms with van der Waals surface area (Å²) in [5.41, 5.74) is 4.09. The van der Waals surface area contributed by atoms with Gasteiger partial charge in [-0.1, -0.05) is 47.7 Å². The lowest BCUT2D eigenvalue weighted by molar-refractivity contribution is 0.0776. The topological polar surface area (TPSA) is 78.1 Å². The van der Waals surface area contributed by atoms with Gasteiger partial charge < -0.3 is 9.64 Å². The predicted octanol–water partition coefficient (Wildman–Crippen LogP) is 3.44. The van der Waals surface area contributed by atoms with Crippen LogP contribution in [0.4, 0.5) is 0 Å². The molecule has 162 valence electrons. The molecule has 1 atom stereocenters. The molecule has 4 aromatic rings. The smallest absolute Gasteiger partial charge is 0.272 e. The Balaban J connectivity index is 1.31. The fourth-order valence-corrected chi connectivity index (χ4v) is 4.09. The van der Waals surface area contributed by atoms with Crippen molar-refractivity contribution in [1.82, 2.24) is 29.7 Å². The van der Waals surface area contributed by atoms with Crippen LogP contribution < -0.4 is 4.74 Å². The standard InChI is InChI=1S/C24H24N6O2/c1-28-23(14-21(26-28)18-9-6-10-20(13-18)32-2)24(31)29-12-11-19(15-29)30-16-22(25-27-30)17-7-4-3-5-8-17/h3-10,13-14,16,19H,11-12,15H2,1-2H3/t19-/m1/s1. The van der Waals surface area contributed by atoms with Gasteiger partial charge in [-0.2, -0.15) is 5.10 Å². The molecule has 0 saturated carbocycles. The highest BCUT2D eigenvalue weighted by Crippen LogP contribution is 2.27. The molecule has 1 aliphatic rings. The summed E-state index contributed by atoms with van der Waals surface area (Å²) in [6, 6.07) is 19.6. The molecule has 8 heteroatoms. The van der Waals surface area contributed by atoms with Crippen LogP contribution in [0.15, 0.2) is 66.9 Å². The molecule has 3 heterocycles. The molecule has 0 radical (unpaired) electrons. The number of carbonyl (C=O) groups excluding carboxylic acids is 1. The zero-order chi connectivity index (χ0) is 22.1. The number of ether oxygens (including phenoxy) is 1. The molecule has 1 aliphatic heterocycles. The lowest BCUT2D eigenvalue weighted by atomic mass is 10.1. The third-order valence-corrected chi connectivity index (χ3v) is 5.87. The molecule has 0 aliphatic carbocycles. The van der Waals surface area contributed by atoms with Crippen LogP contribution in [0.25, 0.3) is 22.5 Å². The first-order valence-electron chi connectivity index (χ1n) is 10.6. The van der Waals surface area contributed by atoms with Gasteiger partial charge in [0.2, 0.25) is 0 Å². The van der Waals surface area contributed by atoms with Gasteiger partial charge in [-0.05, 0) is 24.6 Å². The van der Waals surface area contributed by atoms with Crippen molar-refractivity contribution in [2.75, 3.05) is 20.2 Å². The average Bonchev–Trinajstić information content (AvgIpc) is 3.58. The van der Waals surface area contributed by atoms with Crippen molar-refractivity contribution in [3.8, 4) is 28.3 Å². The lowest BCUT2D eigenvalue weighted by Gasteiger charge is -2.16. The van der Waals surface area contributed by atoms with Gasteiger partial charge >= 0.3 is 0 Å². The molecule has 1 fully saturated rings. The Kier molecular flexibility index (Phi) is 5.18. The molecule has 1 saturated heterocycles. The van der Waals surface area contributed by atoms with Gasteiger partial charge in [0.25, 0.3) is 5.91 Å². The molecular formula is C24H24N6O2. The number of rotatable bonds is 5. The number of amides is 1. The van der Waals surface area contributed by atoms with E-state index in [0.717, 1.165) is 34.7 Å². The van der Waals surface area contributed by atoms with Crippen LogP contribution in [0.5, 0.6) is 5.75 Å². The molecule has 5 rings (SSSR count). The molecular weight excluding hydrogens is 404 g/mol. The fourth-order valence-electron chi connectivity index (χ4n) is 4.09. The molecule has 0 spiro atoms. The van der Waals surface area contributed by atoms with Crippen LogP contribution in [0, 0.1) is 0 Å². The monoisotopic (exact) mass is 428 g/mol. The van der Waals surface area contributed by atoms with E-state index in [1.54, 1.807) is 18.8 Å². The summed E-state index contributed by atoms with van der Waals surface area (Å²) in [4.78, 5) is 15.1. The number of likely N-dealkylation sites (tertiary alicyclic amines) is 1. The maximum absolute atomic E-state index is 13.2. The highest BCUT2D eigenvalue weighted by molar-refractivity contribution is 5.94. The van der Waals surface area contributed by atoms with Gasteiger partial charge in [0.15, 0.2) is 0 Å². The van der Waals surface area contributed by atoms with Gasteiger partial charge in [0.1, 0.15) is 17.1 Å². The zero-order valence-corrected chi connectivity index (χ0v) is 18.0. The third kappa shape index (κ3) is 3.75. The number of hydrogen-bond donors (Lipinski definition) is 0. The average molecular weight is 428 g/mol. The van der Waals surface area contributed by atoms with Crippen LogP contribution in [0.3, 0.4) is 0 Å². The van der Waals surface area contributed by atoms with Crippen LogP contribution >= 0.6 is 0 Å². The SMILES string of the molecule is COc1cccc(-c2cc(C(=O)N3CC[C@@H](n4cc(-c5ccccc5)nn4)C3)n(C)n2)c1. The summed E-state index contributed by atoms with van der Waals surface area (Å²) in [5, 5.41) is 13.2. The van der Waals surface area contributed by atoms with Crippen molar-refractivity contribution in [3.05, 3.63) is 72.6 Å². The molecule has 1 amide bonds. The molecule has 0 N–H and O–H groups in total. The maximum atomic E-state index is 13.2. The molecule has 2 aromatic carbocycles. The predicted molar refractivity (Wildman–Crippen MR) is 120 cm³/mol. The summed E-state index contributed by atoms with van der Waals surface area (Å²) in [7, 11) is 3.43. The second kappa shape index (κ2) is 8.30. The summed E-state index contributed by atoms with van der Waals surface area (Å²) in [6.07, 6.45) is 2.79. The summed E-state index contributed by atoms with van der Waals surface area (Å²) in [5.74, 6) is 0.728. The van der Waals surface area contributed by atoms with Gasteiger partial charge in [0, 0.05) is 31.3 Å². The highest BCUT2D eigenvalue weighted by atomic mass is 16.5. The number of hydrogen-bond acceptors (Lipinski definition) is 5. The molecule has 32 heavy (non-hydrogen) atoms. The van der Waals surface area contributed by atoms with Gasteiger partial charge in [0.05, 0.1) is 25.0 Å². The summed E-state index contributed by atoms with van der Waals surface area (Å²) >= 11 is 0. The van der Waals surface area contributed by atoms with E-state index in [-0.39, 0.29) is 11.9 Å². The van der Waals surface area contributed by atoms with E-state index in [2.05, 4.69) is 15.4 Å². The Morgan fingerprint density at radius 1 is 1.03 bits per heavy atom. The van der Waals surface area contributed by atoms with Gasteiger partial charge in [-0.3, -0.25) is 9.48 Å². The summed E-state index contributed by atoms with van der Waals surface area (Å²) < 4.78 is 8.82. The van der Waals surface area contributed by atoms with E-state index in [4.69, 9.17) is 4.74 Å². The minimum Gasteiger partial charge on any atom is -0.497 e. The second-order valence-electron chi connectivity index (χ2n) is 7.91. The normalized spacial score (nSPS) is 15.8. The first kappa shape index (κ1) is 20.0. The molecule has 0 bridgehead atoms. The van der Waals surface area contributed by atoms with E-state index < -0.39 is 0 Å². The Labute approximate surface area is 186 Å². The van der Waals surface area contributed by atoms with Crippen molar-refractivity contribution < 1.29 is 9.53 Å². The number of carbonyl (C=O) groups is 1. The maximum Gasteiger partial charge on any atom is 0.272 e. The Hall–Kier alpha value is -3.94. The number of aryl methyl sites for hydroxylation is 1. The van der Waals surface area contributed by atoms with Crippen molar-refractivity contribution in [1.29, 1.82) is 0 Å². The van der Waals surface area contributed by atoms with Crippen LogP contribution in [0.2, 0.25) is 0 Å². The van der Waals surface area contributed by atoms with Crippen molar-refractivity contribution >= 4 is 5.91 Å². The van der Waals surface area contributed by atoms with E-state index in [1.165, 1.54) is 0 Å². The van der Waals surface area contributed by atoms with E-state index in [1.807, 2.05) is 76.4 Å². The van der Waals surface area contributed by atoms with Crippen molar-refractivity contribution in [2.45, 2.75) is 12.5 Å². The van der Waals surface area contributed by atoms with Crippen molar-refractivity contribution in [2.24, 2.45) is 7.05 Å². The number of nitrogens with zero attached hydrogens (tertiary/aromatic N) is 6. The quantitative estimate of drug-likeness (QED) is 0.487. The first-order chi connectivity index (χ1) is 15.6. The van der Waals surface area contributed by atoms with E-state index in [0.29, 0.717) is 18.8 Å². The van der Waals surface area contributed by atoms with Gasteiger partial charge in [-0.25, -0.2) is 4.68 Å². The lowest BCUT2D eigenvalue weighted by Crippen LogP contribution is -2.30. The van der Waals surface area contributed by atoms with Crippen LogP contribution in [-0.2, 0) is 7.05 Å². The largest absolute Gasteiger partial charge is 0.497 e. The molecule has 0 unspecified atom stereocenters. The number of methoxy groups -OCH3 is 1. The Morgan fingerprint density at radius 3 is 2.66 bits per heavy atom. The zero-order valence-electron chi connectivity index (χ0n) is 18.0. The Bertz CT molecular complexity index is 1250. The second-order valence-corrected chi connectivity index (χ2v) is 7.91. The van der Waals surface area contributed by atoms with Crippen molar-refractivity contribution in [3.63, 3.8) is 0 Å². The van der Waals surface area contributed by atoms with E-state index in [9.17, 15) is 4.79 Å². The highest BCUT2D eigenvalue weighted by Gasteiger charge is 2.30. The number of aromatic nitrogens is 5. The minimum absolute atomic E-state index is 0.0277. The van der Waals surface area contributed by atoms with Gasteiger partial charge in [-0.15, -0.1) is 5.10 Å². The first-order valence-corrected chi connectivity index (χ1v) is 10.6. The fraction of sp³-hybridized carbons (Fsp3) is 0.250. The third-order valence-electron chi connectivity index (χ3n) is 5.87. The molecule has 8 nitrogen and oxygen atoms in total.